The Kier molecular flexibility index (Phi) is 5.16. The number of nitrogens with one attached hydrogen (secondary N) is 3. The van der Waals surface area contributed by atoms with Crippen LogP contribution in [0.3, 0.4) is 0 Å². The number of aryl methyl sites for hydroxylation is 2. The van der Waals surface area contributed by atoms with Gasteiger partial charge in [0.2, 0.25) is 11.9 Å². The number of pyridine rings is 1. The molecule has 38 heavy (non-hydrogen) atoms. The zero-order valence-corrected chi connectivity index (χ0v) is 21.7. The summed E-state index contributed by atoms with van der Waals surface area (Å²) in [5.41, 5.74) is 5.11. The Morgan fingerprint density at radius 3 is 2.63 bits per heavy atom. The van der Waals surface area contributed by atoms with Gasteiger partial charge in [-0.1, -0.05) is 12.1 Å². The number of anilines is 4. The van der Waals surface area contributed by atoms with Crippen LogP contribution in [0.5, 0.6) is 0 Å². The van der Waals surface area contributed by atoms with Crippen molar-refractivity contribution in [3.8, 4) is 11.1 Å². The molecule has 0 spiro atoms. The number of carbonyl (C=O) groups excluding carboxylic acids is 1. The standard InChI is InChI=1S/C28H26N8O2/c1-14-6-8-17-22(21(14)18-10-15-12-30-27(29-4)35-24(15)36(5)25(18)37)31-13-32-23(17)33-16-7-9-19-20(11-16)34-26(38)28(19,2)3/h6-13H,1-5H3,(H,34,38)(H,29,30,35)(H,31,32,33). The van der Waals surface area contributed by atoms with Gasteiger partial charge >= 0.3 is 0 Å². The van der Waals surface area contributed by atoms with Crippen LogP contribution >= 0.6 is 0 Å². The number of nitrogens with zero attached hydrogens (tertiary/aromatic N) is 5. The van der Waals surface area contributed by atoms with Crippen LogP contribution in [0.2, 0.25) is 0 Å². The van der Waals surface area contributed by atoms with Gasteiger partial charge in [-0.2, -0.15) is 4.98 Å². The van der Waals surface area contributed by atoms with Gasteiger partial charge < -0.3 is 16.0 Å². The maximum atomic E-state index is 13.5. The molecule has 0 saturated heterocycles. The van der Waals surface area contributed by atoms with Gasteiger partial charge in [0.25, 0.3) is 5.56 Å². The third-order valence-electron chi connectivity index (χ3n) is 7.23. The Hall–Kier alpha value is -4.86. The molecule has 1 amide bonds. The lowest BCUT2D eigenvalue weighted by atomic mass is 9.86. The minimum atomic E-state index is -0.576. The summed E-state index contributed by atoms with van der Waals surface area (Å²) in [7, 11) is 3.44. The van der Waals surface area contributed by atoms with E-state index in [0.717, 1.165) is 38.8 Å². The normalized spacial score (nSPS) is 14.0. The molecular formula is C28H26N8O2. The molecule has 0 aliphatic carbocycles. The molecular weight excluding hydrogens is 480 g/mol. The van der Waals surface area contributed by atoms with Gasteiger partial charge in [0.05, 0.1) is 16.5 Å². The van der Waals surface area contributed by atoms with Gasteiger partial charge in [0.1, 0.15) is 17.8 Å². The van der Waals surface area contributed by atoms with Crippen molar-refractivity contribution >= 4 is 51.0 Å². The summed E-state index contributed by atoms with van der Waals surface area (Å²) in [6.45, 7) is 5.77. The number of fused-ring (bicyclic) bond motifs is 3. The molecule has 1 aliphatic rings. The summed E-state index contributed by atoms with van der Waals surface area (Å²) in [5, 5.41) is 10.8. The lowest BCUT2D eigenvalue weighted by Crippen LogP contribution is -2.26. The Labute approximate surface area is 218 Å². The first-order valence-electron chi connectivity index (χ1n) is 12.2. The van der Waals surface area contributed by atoms with Crippen molar-refractivity contribution in [2.45, 2.75) is 26.2 Å². The maximum absolute atomic E-state index is 13.5. The lowest BCUT2D eigenvalue weighted by Gasteiger charge is -2.16. The smallest absolute Gasteiger partial charge is 0.259 e. The van der Waals surface area contributed by atoms with Crippen LogP contribution in [0, 0.1) is 6.92 Å². The highest BCUT2D eigenvalue weighted by molar-refractivity contribution is 6.06. The summed E-state index contributed by atoms with van der Waals surface area (Å²) in [6.07, 6.45) is 3.19. The van der Waals surface area contributed by atoms with Crippen LogP contribution in [-0.4, -0.2) is 37.5 Å². The van der Waals surface area contributed by atoms with Crippen LogP contribution in [0.4, 0.5) is 23.1 Å². The van der Waals surface area contributed by atoms with E-state index >= 15 is 0 Å². The number of carbonyl (C=O) groups is 1. The van der Waals surface area contributed by atoms with Crippen molar-refractivity contribution in [3.63, 3.8) is 0 Å². The monoisotopic (exact) mass is 506 g/mol. The molecule has 0 saturated carbocycles. The quantitative estimate of drug-likeness (QED) is 0.330. The highest BCUT2D eigenvalue weighted by Gasteiger charge is 2.38. The van der Waals surface area contributed by atoms with Crippen LogP contribution in [0.25, 0.3) is 33.1 Å². The molecule has 0 fully saturated rings. The van der Waals surface area contributed by atoms with Crippen molar-refractivity contribution < 1.29 is 4.79 Å². The van der Waals surface area contributed by atoms with Gasteiger partial charge in [-0.15, -0.1) is 0 Å². The van der Waals surface area contributed by atoms with Crippen molar-refractivity contribution in [3.05, 3.63) is 70.4 Å². The van der Waals surface area contributed by atoms with Gasteiger partial charge in [0, 0.05) is 48.0 Å². The third-order valence-corrected chi connectivity index (χ3v) is 7.23. The average Bonchev–Trinajstić information content (AvgIpc) is 3.13. The van der Waals surface area contributed by atoms with E-state index in [4.69, 9.17) is 0 Å². The Bertz CT molecular complexity index is 1860. The van der Waals surface area contributed by atoms with Crippen molar-refractivity contribution in [2.24, 2.45) is 7.05 Å². The highest BCUT2D eigenvalue weighted by atomic mass is 16.2. The van der Waals surface area contributed by atoms with Crippen LogP contribution in [0.1, 0.15) is 25.0 Å². The molecule has 4 heterocycles. The zero-order chi connectivity index (χ0) is 26.8. The summed E-state index contributed by atoms with van der Waals surface area (Å²) in [6, 6.07) is 11.5. The number of hydrogen-bond acceptors (Lipinski definition) is 8. The predicted molar refractivity (Wildman–Crippen MR) is 149 cm³/mol. The average molecular weight is 507 g/mol. The number of aromatic nitrogens is 5. The van der Waals surface area contributed by atoms with E-state index < -0.39 is 5.41 Å². The van der Waals surface area contributed by atoms with Crippen LogP contribution in [-0.2, 0) is 17.3 Å². The molecule has 0 radical (unpaired) electrons. The van der Waals surface area contributed by atoms with E-state index in [2.05, 4.69) is 35.9 Å². The second kappa shape index (κ2) is 8.34. The van der Waals surface area contributed by atoms with E-state index in [-0.39, 0.29) is 11.5 Å². The molecule has 0 bridgehead atoms. The topological polar surface area (TPSA) is 127 Å². The van der Waals surface area contributed by atoms with Crippen LogP contribution < -0.4 is 21.5 Å². The number of rotatable bonds is 4. The summed E-state index contributed by atoms with van der Waals surface area (Å²) < 4.78 is 1.53. The number of amides is 1. The van der Waals surface area contributed by atoms with Gasteiger partial charge in [-0.05, 0) is 56.2 Å². The maximum Gasteiger partial charge on any atom is 0.259 e. The molecule has 6 rings (SSSR count). The minimum absolute atomic E-state index is 0.0261. The summed E-state index contributed by atoms with van der Waals surface area (Å²) in [4.78, 5) is 43.8. The Balaban J connectivity index is 1.48. The molecule has 10 nitrogen and oxygen atoms in total. The van der Waals surface area contributed by atoms with E-state index in [1.165, 1.54) is 10.9 Å². The van der Waals surface area contributed by atoms with E-state index in [9.17, 15) is 9.59 Å². The Morgan fingerprint density at radius 2 is 1.84 bits per heavy atom. The highest BCUT2D eigenvalue weighted by Crippen LogP contribution is 2.40. The first-order chi connectivity index (χ1) is 18.2. The summed E-state index contributed by atoms with van der Waals surface area (Å²) >= 11 is 0. The fraction of sp³-hybridized carbons (Fsp3) is 0.214. The number of hydrogen-bond donors (Lipinski definition) is 3. The molecule has 3 N–H and O–H groups in total. The van der Waals surface area contributed by atoms with E-state index in [1.54, 1.807) is 20.3 Å². The van der Waals surface area contributed by atoms with Crippen molar-refractivity contribution in [1.82, 2.24) is 24.5 Å². The second-order valence-corrected chi connectivity index (χ2v) is 9.99. The zero-order valence-electron chi connectivity index (χ0n) is 21.7. The molecule has 2 aromatic carbocycles. The summed E-state index contributed by atoms with van der Waals surface area (Å²) in [5.74, 6) is 1.01. The largest absolute Gasteiger partial charge is 0.357 e. The molecule has 0 atom stereocenters. The fourth-order valence-electron chi connectivity index (χ4n) is 5.02. The van der Waals surface area contributed by atoms with Gasteiger partial charge in [0.15, 0.2) is 0 Å². The minimum Gasteiger partial charge on any atom is -0.357 e. The van der Waals surface area contributed by atoms with E-state index in [0.29, 0.717) is 28.5 Å². The van der Waals surface area contributed by atoms with Crippen molar-refractivity contribution in [2.75, 3.05) is 23.0 Å². The third kappa shape index (κ3) is 3.48. The second-order valence-electron chi connectivity index (χ2n) is 9.99. The molecule has 5 aromatic rings. The molecule has 0 unspecified atom stereocenters. The fourth-order valence-corrected chi connectivity index (χ4v) is 5.02. The molecule has 3 aromatic heterocycles. The van der Waals surface area contributed by atoms with Crippen LogP contribution in [0.15, 0.2) is 53.7 Å². The molecule has 1 aliphatic heterocycles. The first kappa shape index (κ1) is 23.5. The van der Waals surface area contributed by atoms with E-state index in [1.807, 2.05) is 57.2 Å². The Morgan fingerprint density at radius 1 is 1.03 bits per heavy atom. The number of benzene rings is 2. The molecule has 190 valence electrons. The molecule has 10 heteroatoms. The SMILES string of the molecule is CNc1ncc2cc(-c3c(C)ccc4c(Nc5ccc6c(c5)NC(=O)C6(C)C)ncnc34)c(=O)n(C)c2n1. The van der Waals surface area contributed by atoms with Gasteiger partial charge in [-0.3, -0.25) is 14.2 Å². The van der Waals surface area contributed by atoms with Crippen molar-refractivity contribution in [1.29, 1.82) is 0 Å². The lowest BCUT2D eigenvalue weighted by molar-refractivity contribution is -0.119. The predicted octanol–water partition coefficient (Wildman–Crippen LogP) is 4.26. The van der Waals surface area contributed by atoms with Gasteiger partial charge in [-0.25, -0.2) is 15.0 Å². The first-order valence-corrected chi connectivity index (χ1v) is 12.2.